The van der Waals surface area contributed by atoms with E-state index in [1.54, 1.807) is 7.11 Å². The van der Waals surface area contributed by atoms with Gasteiger partial charge in [0.2, 0.25) is 0 Å². The van der Waals surface area contributed by atoms with Gasteiger partial charge in [0.25, 0.3) is 0 Å². The fraction of sp³-hybridized carbons (Fsp3) is 1.00. The number of rotatable bonds is 3. The molecule has 2 atom stereocenters. The van der Waals surface area contributed by atoms with Gasteiger partial charge in [-0.2, -0.15) is 0 Å². The van der Waals surface area contributed by atoms with E-state index in [1.165, 1.54) is 0 Å². The monoisotopic (exact) mass is 230 g/mol. The smallest absolute Gasteiger partial charge is 0.0983 e. The van der Waals surface area contributed by atoms with Crippen molar-refractivity contribution >= 4 is 0 Å². The molecule has 0 radical (unpaired) electrons. The summed E-state index contributed by atoms with van der Waals surface area (Å²) in [5, 5.41) is 10.5. The molecule has 0 aromatic rings. The van der Waals surface area contributed by atoms with E-state index in [0.29, 0.717) is 19.8 Å². The van der Waals surface area contributed by atoms with Crippen LogP contribution in [0.15, 0.2) is 0 Å². The van der Waals surface area contributed by atoms with Crippen molar-refractivity contribution in [2.24, 2.45) is 5.92 Å². The second-order valence-electron chi connectivity index (χ2n) is 4.80. The van der Waals surface area contributed by atoms with Crippen LogP contribution in [-0.2, 0) is 14.2 Å². The Labute approximate surface area is 96.9 Å². The summed E-state index contributed by atoms with van der Waals surface area (Å²) in [6, 6.07) is 0. The summed E-state index contributed by atoms with van der Waals surface area (Å²) < 4.78 is 16.4. The van der Waals surface area contributed by atoms with Crippen LogP contribution in [-0.4, -0.2) is 50.3 Å². The summed E-state index contributed by atoms with van der Waals surface area (Å²) in [4.78, 5) is 0. The average molecular weight is 230 g/mol. The number of aliphatic hydroxyl groups excluding tert-OH is 1. The molecule has 0 aromatic heterocycles. The molecule has 0 amide bonds. The molecule has 2 saturated heterocycles. The van der Waals surface area contributed by atoms with Gasteiger partial charge < -0.3 is 19.3 Å². The van der Waals surface area contributed by atoms with Crippen LogP contribution in [0.4, 0.5) is 0 Å². The van der Waals surface area contributed by atoms with Gasteiger partial charge in [-0.05, 0) is 12.8 Å². The van der Waals surface area contributed by atoms with E-state index in [9.17, 15) is 5.11 Å². The zero-order valence-corrected chi connectivity index (χ0v) is 9.98. The van der Waals surface area contributed by atoms with Gasteiger partial charge in [0.05, 0.1) is 18.3 Å². The van der Waals surface area contributed by atoms with Gasteiger partial charge in [-0.15, -0.1) is 0 Å². The molecule has 2 aliphatic heterocycles. The molecule has 94 valence electrons. The molecule has 2 unspecified atom stereocenters. The minimum absolute atomic E-state index is 0.215. The molecule has 0 aromatic carbocycles. The van der Waals surface area contributed by atoms with Crippen molar-refractivity contribution in [1.82, 2.24) is 0 Å². The molecule has 4 nitrogen and oxygen atoms in total. The van der Waals surface area contributed by atoms with Gasteiger partial charge in [0, 0.05) is 45.7 Å². The van der Waals surface area contributed by atoms with Crippen LogP contribution >= 0.6 is 0 Å². The first-order valence-electron chi connectivity index (χ1n) is 6.17. The first-order chi connectivity index (χ1) is 7.78. The number of hydrogen-bond donors (Lipinski definition) is 1. The van der Waals surface area contributed by atoms with Crippen LogP contribution in [0, 0.1) is 5.92 Å². The van der Waals surface area contributed by atoms with Gasteiger partial charge in [-0.1, -0.05) is 0 Å². The van der Waals surface area contributed by atoms with Crippen molar-refractivity contribution in [1.29, 1.82) is 0 Å². The van der Waals surface area contributed by atoms with Gasteiger partial charge in [-0.3, -0.25) is 0 Å². The molecule has 2 fully saturated rings. The van der Waals surface area contributed by atoms with Crippen LogP contribution < -0.4 is 0 Å². The predicted octanol–water partition coefficient (Wildman–Crippen LogP) is 0.969. The zero-order chi connectivity index (χ0) is 11.4. The molecule has 0 aliphatic carbocycles. The lowest BCUT2D eigenvalue weighted by atomic mass is 9.79. The minimum atomic E-state index is -0.429. The molecular weight excluding hydrogens is 208 g/mol. The zero-order valence-electron chi connectivity index (χ0n) is 9.98. The molecular formula is C12H22O4. The Morgan fingerprint density at radius 2 is 2.00 bits per heavy atom. The van der Waals surface area contributed by atoms with Crippen molar-refractivity contribution in [3.8, 4) is 0 Å². The maximum absolute atomic E-state index is 10.5. The van der Waals surface area contributed by atoms with E-state index in [4.69, 9.17) is 14.2 Å². The summed E-state index contributed by atoms with van der Waals surface area (Å²) in [7, 11) is 1.69. The van der Waals surface area contributed by atoms with E-state index < -0.39 is 11.7 Å². The van der Waals surface area contributed by atoms with E-state index in [-0.39, 0.29) is 5.92 Å². The van der Waals surface area contributed by atoms with E-state index in [1.807, 2.05) is 0 Å². The molecule has 4 heteroatoms. The summed E-state index contributed by atoms with van der Waals surface area (Å²) in [6.07, 6.45) is 3.20. The largest absolute Gasteiger partial charge is 0.390 e. The third kappa shape index (κ3) is 2.40. The normalized spacial score (nSPS) is 32.2. The van der Waals surface area contributed by atoms with Crippen LogP contribution in [0.5, 0.6) is 0 Å². The summed E-state index contributed by atoms with van der Waals surface area (Å²) >= 11 is 0. The Morgan fingerprint density at radius 3 is 2.56 bits per heavy atom. The molecule has 0 spiro atoms. The molecule has 2 aliphatic rings. The lowest BCUT2D eigenvalue weighted by molar-refractivity contribution is -0.178. The maximum Gasteiger partial charge on any atom is 0.0983 e. The fourth-order valence-electron chi connectivity index (χ4n) is 2.78. The van der Waals surface area contributed by atoms with Crippen LogP contribution in [0.2, 0.25) is 0 Å². The lowest BCUT2D eigenvalue weighted by Crippen LogP contribution is -2.53. The van der Waals surface area contributed by atoms with Crippen molar-refractivity contribution < 1.29 is 19.3 Å². The third-order valence-electron chi connectivity index (χ3n) is 3.93. The molecule has 16 heavy (non-hydrogen) atoms. The minimum Gasteiger partial charge on any atom is -0.390 e. The highest BCUT2D eigenvalue weighted by molar-refractivity contribution is 4.94. The highest BCUT2D eigenvalue weighted by Crippen LogP contribution is 2.34. The Morgan fingerprint density at radius 1 is 1.25 bits per heavy atom. The maximum atomic E-state index is 10.5. The first-order valence-corrected chi connectivity index (χ1v) is 6.17. The molecule has 0 saturated carbocycles. The van der Waals surface area contributed by atoms with Crippen molar-refractivity contribution in [2.45, 2.75) is 37.4 Å². The highest BCUT2D eigenvalue weighted by Gasteiger charge is 2.43. The van der Waals surface area contributed by atoms with E-state index in [0.717, 1.165) is 32.3 Å². The summed E-state index contributed by atoms with van der Waals surface area (Å²) in [5.74, 6) is 0.215. The number of methoxy groups -OCH3 is 1. The lowest BCUT2D eigenvalue weighted by Gasteiger charge is -2.43. The third-order valence-corrected chi connectivity index (χ3v) is 3.93. The SMILES string of the molecule is COC1(C(O)C2CCCOC2)CCOCC1. The standard InChI is InChI=1S/C12H22O4/c1-14-12(4-7-15-8-5-12)11(13)10-3-2-6-16-9-10/h10-11,13H,2-9H2,1H3. The molecule has 2 heterocycles. The predicted molar refractivity (Wildman–Crippen MR) is 59.3 cm³/mol. The van der Waals surface area contributed by atoms with Gasteiger partial charge in [0.1, 0.15) is 0 Å². The highest BCUT2D eigenvalue weighted by atomic mass is 16.5. The topological polar surface area (TPSA) is 47.9 Å². The van der Waals surface area contributed by atoms with Crippen LogP contribution in [0.1, 0.15) is 25.7 Å². The molecule has 1 N–H and O–H groups in total. The quantitative estimate of drug-likeness (QED) is 0.785. The number of ether oxygens (including phenoxy) is 3. The van der Waals surface area contributed by atoms with Gasteiger partial charge in [0.15, 0.2) is 0 Å². The van der Waals surface area contributed by atoms with Gasteiger partial charge in [-0.25, -0.2) is 0 Å². The Hall–Kier alpha value is -0.160. The van der Waals surface area contributed by atoms with E-state index in [2.05, 4.69) is 0 Å². The second kappa shape index (κ2) is 5.45. The fourth-order valence-corrected chi connectivity index (χ4v) is 2.78. The van der Waals surface area contributed by atoms with Gasteiger partial charge >= 0.3 is 0 Å². The Kier molecular flexibility index (Phi) is 4.19. The average Bonchev–Trinajstić information content (AvgIpc) is 2.39. The Bertz CT molecular complexity index is 207. The molecule has 0 bridgehead atoms. The van der Waals surface area contributed by atoms with Crippen molar-refractivity contribution in [3.05, 3.63) is 0 Å². The van der Waals surface area contributed by atoms with Crippen molar-refractivity contribution in [2.75, 3.05) is 33.5 Å². The number of hydrogen-bond acceptors (Lipinski definition) is 4. The molecule has 2 rings (SSSR count). The summed E-state index contributed by atoms with van der Waals surface area (Å²) in [5.41, 5.74) is -0.413. The number of aliphatic hydroxyl groups is 1. The van der Waals surface area contributed by atoms with Crippen molar-refractivity contribution in [3.63, 3.8) is 0 Å². The van der Waals surface area contributed by atoms with Crippen LogP contribution in [0.3, 0.4) is 0 Å². The van der Waals surface area contributed by atoms with Crippen LogP contribution in [0.25, 0.3) is 0 Å². The Balaban J connectivity index is 2.00. The second-order valence-corrected chi connectivity index (χ2v) is 4.80. The first kappa shape index (κ1) is 12.3. The summed E-state index contributed by atoms with van der Waals surface area (Å²) in [6.45, 7) is 2.84. The van der Waals surface area contributed by atoms with E-state index >= 15 is 0 Å².